The number of hydrogen-bond acceptors (Lipinski definition) is 2. The van der Waals surface area contributed by atoms with Gasteiger partial charge in [-0.15, -0.1) is 0 Å². The van der Waals surface area contributed by atoms with Gasteiger partial charge in [-0.3, -0.25) is 4.79 Å². The molecule has 16 heavy (non-hydrogen) atoms. The van der Waals surface area contributed by atoms with Crippen LogP contribution in [0.4, 0.5) is 0 Å². The zero-order chi connectivity index (χ0) is 12.3. The lowest BCUT2D eigenvalue weighted by Gasteiger charge is -2.39. The Morgan fingerprint density at radius 1 is 1.38 bits per heavy atom. The summed E-state index contributed by atoms with van der Waals surface area (Å²) in [7, 11) is 0. The van der Waals surface area contributed by atoms with E-state index in [9.17, 15) is 4.79 Å². The summed E-state index contributed by atoms with van der Waals surface area (Å²) in [5, 5.41) is 0. The van der Waals surface area contributed by atoms with Gasteiger partial charge in [0.05, 0.1) is 6.04 Å². The summed E-state index contributed by atoms with van der Waals surface area (Å²) >= 11 is 0. The maximum atomic E-state index is 11.9. The molecule has 0 radical (unpaired) electrons. The van der Waals surface area contributed by atoms with Crippen molar-refractivity contribution in [1.29, 1.82) is 0 Å². The van der Waals surface area contributed by atoms with Crippen molar-refractivity contribution < 1.29 is 4.79 Å². The van der Waals surface area contributed by atoms with Crippen LogP contribution >= 0.6 is 0 Å². The molecule has 3 nitrogen and oxygen atoms in total. The number of hydrogen-bond donors (Lipinski definition) is 1. The number of carbonyl (C=O) groups is 1. The molecule has 1 heterocycles. The van der Waals surface area contributed by atoms with Crippen molar-refractivity contribution >= 4 is 5.91 Å². The van der Waals surface area contributed by atoms with Crippen molar-refractivity contribution in [2.24, 2.45) is 17.1 Å². The van der Waals surface area contributed by atoms with Crippen molar-refractivity contribution in [3.63, 3.8) is 0 Å². The Morgan fingerprint density at radius 2 is 1.88 bits per heavy atom. The fourth-order valence-electron chi connectivity index (χ4n) is 2.38. The molecule has 1 aliphatic heterocycles. The molecule has 0 aromatic carbocycles. The molecular weight excluding hydrogens is 200 g/mol. The first-order valence-electron chi connectivity index (χ1n) is 6.40. The standard InChI is InChI=1S/C13H26N2O/c1-5-11(14)12(16)15-8-6-10(7-9-15)13(2,3)4/h10-11H,5-9,14H2,1-4H3/t11-/m0/s1. The van der Waals surface area contributed by atoms with Crippen molar-refractivity contribution in [2.75, 3.05) is 13.1 Å². The number of nitrogens with zero attached hydrogens (tertiary/aromatic N) is 1. The molecular formula is C13H26N2O. The van der Waals surface area contributed by atoms with Crippen LogP contribution in [0.1, 0.15) is 47.0 Å². The summed E-state index contributed by atoms with van der Waals surface area (Å²) < 4.78 is 0. The van der Waals surface area contributed by atoms with Gasteiger partial charge in [0.25, 0.3) is 0 Å². The number of nitrogens with two attached hydrogens (primary N) is 1. The highest BCUT2D eigenvalue weighted by Crippen LogP contribution is 2.34. The van der Waals surface area contributed by atoms with Crippen LogP contribution in [-0.4, -0.2) is 29.9 Å². The number of likely N-dealkylation sites (tertiary alicyclic amines) is 1. The van der Waals surface area contributed by atoms with E-state index in [-0.39, 0.29) is 11.9 Å². The van der Waals surface area contributed by atoms with Gasteiger partial charge >= 0.3 is 0 Å². The zero-order valence-corrected chi connectivity index (χ0v) is 11.1. The van der Waals surface area contributed by atoms with Gasteiger partial charge in [-0.25, -0.2) is 0 Å². The molecule has 3 heteroatoms. The molecule has 1 amide bonds. The number of rotatable bonds is 2. The van der Waals surface area contributed by atoms with Crippen LogP contribution in [0.3, 0.4) is 0 Å². The summed E-state index contributed by atoms with van der Waals surface area (Å²) in [6.45, 7) is 10.6. The van der Waals surface area contributed by atoms with Crippen LogP contribution in [0.25, 0.3) is 0 Å². The molecule has 0 saturated carbocycles. The van der Waals surface area contributed by atoms with Crippen LogP contribution in [0.5, 0.6) is 0 Å². The predicted octanol–water partition coefficient (Wildman–Crippen LogP) is 2.01. The highest BCUT2D eigenvalue weighted by atomic mass is 16.2. The largest absolute Gasteiger partial charge is 0.341 e. The smallest absolute Gasteiger partial charge is 0.239 e. The van der Waals surface area contributed by atoms with Crippen LogP contribution in [0, 0.1) is 11.3 Å². The van der Waals surface area contributed by atoms with E-state index in [0.29, 0.717) is 5.41 Å². The fraction of sp³-hybridized carbons (Fsp3) is 0.923. The fourth-order valence-corrected chi connectivity index (χ4v) is 2.38. The highest BCUT2D eigenvalue weighted by molar-refractivity contribution is 5.81. The molecule has 0 spiro atoms. The van der Waals surface area contributed by atoms with Crippen molar-refractivity contribution in [3.8, 4) is 0 Å². The van der Waals surface area contributed by atoms with Gasteiger partial charge in [-0.2, -0.15) is 0 Å². The van der Waals surface area contributed by atoms with E-state index in [1.807, 2.05) is 11.8 Å². The van der Waals surface area contributed by atoms with Gasteiger partial charge in [-0.05, 0) is 30.6 Å². The zero-order valence-electron chi connectivity index (χ0n) is 11.1. The summed E-state index contributed by atoms with van der Waals surface area (Å²) in [6.07, 6.45) is 2.97. The first-order valence-corrected chi connectivity index (χ1v) is 6.40. The molecule has 1 rings (SSSR count). The molecule has 1 fully saturated rings. The number of amides is 1. The maximum absolute atomic E-state index is 11.9. The van der Waals surface area contributed by atoms with Crippen molar-refractivity contribution in [2.45, 2.75) is 53.0 Å². The third kappa shape index (κ3) is 3.21. The Hall–Kier alpha value is -0.570. The van der Waals surface area contributed by atoms with Gasteiger partial charge < -0.3 is 10.6 Å². The first-order chi connectivity index (χ1) is 7.36. The topological polar surface area (TPSA) is 46.3 Å². The summed E-state index contributed by atoms with van der Waals surface area (Å²) in [6, 6.07) is -0.300. The van der Waals surface area contributed by atoms with Crippen LogP contribution in [0.2, 0.25) is 0 Å². The molecule has 94 valence electrons. The molecule has 1 saturated heterocycles. The maximum Gasteiger partial charge on any atom is 0.239 e. The monoisotopic (exact) mass is 226 g/mol. The lowest BCUT2D eigenvalue weighted by molar-refractivity contribution is -0.134. The Bertz CT molecular complexity index is 237. The summed E-state index contributed by atoms with van der Waals surface area (Å²) in [5.74, 6) is 0.865. The SMILES string of the molecule is CC[C@H](N)C(=O)N1CCC(C(C)(C)C)CC1. The second kappa shape index (κ2) is 5.17. The van der Waals surface area contributed by atoms with Gasteiger partial charge in [0.15, 0.2) is 0 Å². The van der Waals surface area contributed by atoms with Crippen LogP contribution < -0.4 is 5.73 Å². The number of piperidine rings is 1. The predicted molar refractivity (Wildman–Crippen MR) is 67.0 cm³/mol. The second-order valence-electron chi connectivity index (χ2n) is 5.98. The van der Waals surface area contributed by atoms with E-state index in [1.54, 1.807) is 0 Å². The molecule has 0 aromatic heterocycles. The van der Waals surface area contributed by atoms with Gasteiger partial charge in [0.1, 0.15) is 0 Å². The Labute approximate surface area is 99.4 Å². The van der Waals surface area contributed by atoms with E-state index in [4.69, 9.17) is 5.73 Å². The van der Waals surface area contributed by atoms with Gasteiger partial charge in [-0.1, -0.05) is 27.7 Å². The van der Waals surface area contributed by atoms with Gasteiger partial charge in [0.2, 0.25) is 5.91 Å². The minimum atomic E-state index is -0.300. The normalized spacial score (nSPS) is 20.9. The van der Waals surface area contributed by atoms with Gasteiger partial charge in [0, 0.05) is 13.1 Å². The quantitative estimate of drug-likeness (QED) is 0.783. The molecule has 0 unspecified atom stereocenters. The molecule has 0 bridgehead atoms. The second-order valence-corrected chi connectivity index (χ2v) is 5.98. The highest BCUT2D eigenvalue weighted by Gasteiger charge is 2.31. The number of carbonyl (C=O) groups excluding carboxylic acids is 1. The average molecular weight is 226 g/mol. The third-order valence-corrected chi connectivity index (χ3v) is 3.79. The minimum Gasteiger partial charge on any atom is -0.341 e. The van der Waals surface area contributed by atoms with E-state index >= 15 is 0 Å². The minimum absolute atomic E-state index is 0.134. The van der Waals surface area contributed by atoms with E-state index in [1.165, 1.54) is 0 Å². The lowest BCUT2D eigenvalue weighted by atomic mass is 9.75. The Kier molecular flexibility index (Phi) is 4.36. The third-order valence-electron chi connectivity index (χ3n) is 3.79. The average Bonchev–Trinajstić information content (AvgIpc) is 2.26. The van der Waals surface area contributed by atoms with Crippen molar-refractivity contribution in [3.05, 3.63) is 0 Å². The lowest BCUT2D eigenvalue weighted by Crippen LogP contribution is -2.48. The Morgan fingerprint density at radius 3 is 2.25 bits per heavy atom. The molecule has 1 aliphatic rings. The van der Waals surface area contributed by atoms with Crippen LogP contribution in [0.15, 0.2) is 0 Å². The molecule has 0 aromatic rings. The summed E-state index contributed by atoms with van der Waals surface area (Å²) in [4.78, 5) is 13.8. The van der Waals surface area contributed by atoms with E-state index < -0.39 is 0 Å². The van der Waals surface area contributed by atoms with Crippen LogP contribution in [-0.2, 0) is 4.79 Å². The molecule has 2 N–H and O–H groups in total. The summed E-state index contributed by atoms with van der Waals surface area (Å²) in [5.41, 5.74) is 6.14. The Balaban J connectivity index is 2.46. The molecule has 0 aliphatic carbocycles. The van der Waals surface area contributed by atoms with Crippen molar-refractivity contribution in [1.82, 2.24) is 4.90 Å². The molecule has 1 atom stereocenters. The first kappa shape index (κ1) is 13.5. The van der Waals surface area contributed by atoms with E-state index in [2.05, 4.69) is 20.8 Å². The van der Waals surface area contributed by atoms with E-state index in [0.717, 1.165) is 38.3 Å².